The molecule has 0 radical (unpaired) electrons. The molecule has 0 amide bonds. The second-order valence-electron chi connectivity index (χ2n) is 5.88. The van der Waals surface area contributed by atoms with E-state index in [9.17, 15) is 0 Å². The van der Waals surface area contributed by atoms with Gasteiger partial charge in [-0.2, -0.15) is 4.68 Å². The molecule has 0 aliphatic carbocycles. The van der Waals surface area contributed by atoms with Gasteiger partial charge in [-0.25, -0.2) is 9.97 Å². The fourth-order valence-corrected chi connectivity index (χ4v) is 3.47. The first-order chi connectivity index (χ1) is 13.2. The van der Waals surface area contributed by atoms with Crippen molar-refractivity contribution < 1.29 is 4.74 Å². The number of rotatable bonds is 5. The number of hydrogen-bond acceptors (Lipinski definition) is 8. The molecule has 27 heavy (non-hydrogen) atoms. The van der Waals surface area contributed by atoms with Crippen molar-refractivity contribution in [1.29, 1.82) is 0 Å². The van der Waals surface area contributed by atoms with Crippen LogP contribution in [0.15, 0.2) is 47.6 Å². The van der Waals surface area contributed by atoms with Gasteiger partial charge in [0.25, 0.3) is 0 Å². The third-order valence-corrected chi connectivity index (χ3v) is 4.93. The smallest absolute Gasteiger partial charge is 0.214 e. The van der Waals surface area contributed by atoms with E-state index < -0.39 is 0 Å². The minimum absolute atomic E-state index is 0.469. The Morgan fingerprint density at radius 2 is 2.00 bits per heavy atom. The number of nitrogens with two attached hydrogens (primary N) is 1. The molecule has 0 aliphatic rings. The van der Waals surface area contributed by atoms with Crippen molar-refractivity contribution in [3.63, 3.8) is 0 Å². The van der Waals surface area contributed by atoms with Crippen LogP contribution in [-0.2, 0) is 5.75 Å². The van der Waals surface area contributed by atoms with Crippen molar-refractivity contribution in [2.75, 3.05) is 12.8 Å². The predicted octanol–water partition coefficient (Wildman–Crippen LogP) is 2.80. The highest BCUT2D eigenvalue weighted by molar-refractivity contribution is 7.98. The molecule has 0 saturated carbocycles. The molecule has 0 unspecified atom stereocenters. The molecule has 0 aliphatic heterocycles. The molecule has 136 valence electrons. The predicted molar refractivity (Wildman–Crippen MR) is 104 cm³/mol. The fraction of sp³-hybridized carbons (Fsp3) is 0.167. The first-order valence-electron chi connectivity index (χ1n) is 8.23. The highest BCUT2D eigenvalue weighted by Gasteiger charge is 2.15. The van der Waals surface area contributed by atoms with Crippen molar-refractivity contribution >= 4 is 28.5 Å². The summed E-state index contributed by atoms with van der Waals surface area (Å²) < 4.78 is 7.09. The quantitative estimate of drug-likeness (QED) is 0.528. The number of methoxy groups -OCH3 is 1. The van der Waals surface area contributed by atoms with Crippen LogP contribution in [0.5, 0.6) is 5.75 Å². The van der Waals surface area contributed by atoms with Crippen LogP contribution in [0.25, 0.3) is 16.6 Å². The Hall–Kier alpha value is -3.20. The summed E-state index contributed by atoms with van der Waals surface area (Å²) in [5, 5.41) is 13.5. The zero-order valence-electron chi connectivity index (χ0n) is 14.8. The molecule has 0 bridgehead atoms. The van der Waals surface area contributed by atoms with E-state index in [1.165, 1.54) is 11.8 Å². The molecule has 4 aromatic rings. The van der Waals surface area contributed by atoms with Crippen LogP contribution >= 0.6 is 11.8 Å². The lowest BCUT2D eigenvalue weighted by Crippen LogP contribution is -2.04. The van der Waals surface area contributed by atoms with Gasteiger partial charge >= 0.3 is 0 Å². The monoisotopic (exact) mass is 379 g/mol. The molecule has 8 nitrogen and oxygen atoms in total. The number of para-hydroxylation sites is 1. The summed E-state index contributed by atoms with van der Waals surface area (Å²) in [6, 6.07) is 13.5. The minimum atomic E-state index is 0.469. The summed E-state index contributed by atoms with van der Waals surface area (Å²) in [4.78, 5) is 8.97. The number of nitrogen functional groups attached to an aromatic ring is 1. The second kappa shape index (κ2) is 7.20. The zero-order valence-corrected chi connectivity index (χ0v) is 15.6. The van der Waals surface area contributed by atoms with Crippen molar-refractivity contribution in [1.82, 2.24) is 30.2 Å². The molecule has 0 fully saturated rings. The van der Waals surface area contributed by atoms with Crippen LogP contribution in [0.4, 0.5) is 5.82 Å². The Kier molecular flexibility index (Phi) is 4.59. The van der Waals surface area contributed by atoms with E-state index in [-0.39, 0.29) is 0 Å². The van der Waals surface area contributed by atoms with Crippen LogP contribution in [0.2, 0.25) is 0 Å². The summed E-state index contributed by atoms with van der Waals surface area (Å²) in [7, 11) is 1.62. The number of aromatic nitrogens is 6. The van der Waals surface area contributed by atoms with Crippen LogP contribution in [0, 0.1) is 6.92 Å². The highest BCUT2D eigenvalue weighted by atomic mass is 32.2. The summed E-state index contributed by atoms with van der Waals surface area (Å²) in [6.07, 6.45) is 0. The van der Waals surface area contributed by atoms with Crippen molar-refractivity contribution in [2.24, 2.45) is 0 Å². The Morgan fingerprint density at radius 3 is 2.85 bits per heavy atom. The molecule has 2 aromatic heterocycles. The standard InChI is InChI=1S/C18H17N7OS/c1-11-7-8-15(26-2)14(9-11)25-18(22-23-24-25)27-10-16-20-13-6-4-3-5-12(13)17(19)21-16/h3-9H,10H2,1-2H3,(H2,19,20,21). The Labute approximate surface area is 159 Å². The molecule has 2 N–H and O–H groups in total. The normalized spacial score (nSPS) is 11.0. The van der Waals surface area contributed by atoms with E-state index in [4.69, 9.17) is 10.5 Å². The number of hydrogen-bond donors (Lipinski definition) is 1. The Bertz CT molecular complexity index is 1110. The number of nitrogens with zero attached hydrogens (tertiary/aromatic N) is 6. The summed E-state index contributed by atoms with van der Waals surface area (Å²) in [5.41, 5.74) is 8.75. The minimum Gasteiger partial charge on any atom is -0.494 e. The second-order valence-corrected chi connectivity index (χ2v) is 6.82. The molecule has 4 rings (SSSR count). The van der Waals surface area contributed by atoms with Gasteiger partial charge in [-0.05, 0) is 47.2 Å². The maximum absolute atomic E-state index is 6.06. The van der Waals surface area contributed by atoms with Gasteiger partial charge in [0.05, 0.1) is 18.4 Å². The van der Waals surface area contributed by atoms with E-state index in [1.54, 1.807) is 11.8 Å². The number of tetrazole rings is 1. The lowest BCUT2D eigenvalue weighted by atomic mass is 10.2. The van der Waals surface area contributed by atoms with Gasteiger partial charge in [-0.1, -0.05) is 30.0 Å². The number of thioether (sulfide) groups is 1. The number of aryl methyl sites for hydroxylation is 1. The number of anilines is 1. The lowest BCUT2D eigenvalue weighted by Gasteiger charge is -2.10. The highest BCUT2D eigenvalue weighted by Crippen LogP contribution is 2.28. The van der Waals surface area contributed by atoms with Gasteiger partial charge in [0.2, 0.25) is 5.16 Å². The van der Waals surface area contributed by atoms with Crippen LogP contribution in [0.3, 0.4) is 0 Å². The molecule has 0 saturated heterocycles. The first-order valence-corrected chi connectivity index (χ1v) is 9.21. The SMILES string of the molecule is COc1ccc(C)cc1-n1nnnc1SCc1nc(N)c2ccccc2n1. The largest absolute Gasteiger partial charge is 0.494 e. The van der Waals surface area contributed by atoms with E-state index in [1.807, 2.05) is 49.4 Å². The van der Waals surface area contributed by atoms with Gasteiger partial charge < -0.3 is 10.5 Å². The maximum atomic E-state index is 6.06. The van der Waals surface area contributed by atoms with E-state index >= 15 is 0 Å². The van der Waals surface area contributed by atoms with Gasteiger partial charge in [-0.3, -0.25) is 0 Å². The van der Waals surface area contributed by atoms with Gasteiger partial charge in [0.15, 0.2) is 0 Å². The van der Waals surface area contributed by atoms with E-state index in [0.29, 0.717) is 28.3 Å². The third kappa shape index (κ3) is 3.41. The number of fused-ring (bicyclic) bond motifs is 1. The molecule has 0 atom stereocenters. The van der Waals surface area contributed by atoms with Crippen molar-refractivity contribution in [3.05, 3.63) is 53.9 Å². The summed E-state index contributed by atoms with van der Waals surface area (Å²) in [5.74, 6) is 2.28. The molecule has 2 aromatic carbocycles. The molecule has 0 spiro atoms. The van der Waals surface area contributed by atoms with Gasteiger partial charge in [-0.15, -0.1) is 5.10 Å². The van der Waals surface area contributed by atoms with Gasteiger partial charge in [0, 0.05) is 5.39 Å². The van der Waals surface area contributed by atoms with Gasteiger partial charge in [0.1, 0.15) is 23.1 Å². The zero-order chi connectivity index (χ0) is 18.8. The van der Waals surface area contributed by atoms with Crippen molar-refractivity contribution in [3.8, 4) is 11.4 Å². The first kappa shape index (κ1) is 17.2. The molecule has 9 heteroatoms. The fourth-order valence-electron chi connectivity index (χ4n) is 2.73. The molecular weight excluding hydrogens is 362 g/mol. The third-order valence-electron chi connectivity index (χ3n) is 4.01. The van der Waals surface area contributed by atoms with Crippen LogP contribution in [-0.4, -0.2) is 37.3 Å². The Balaban J connectivity index is 1.63. The molecular formula is C18H17N7OS. The van der Waals surface area contributed by atoms with E-state index in [2.05, 4.69) is 25.5 Å². The summed E-state index contributed by atoms with van der Waals surface area (Å²) in [6.45, 7) is 2.01. The van der Waals surface area contributed by atoms with E-state index in [0.717, 1.165) is 22.2 Å². The topological polar surface area (TPSA) is 105 Å². The Morgan fingerprint density at radius 1 is 1.15 bits per heavy atom. The van der Waals surface area contributed by atoms with Crippen LogP contribution < -0.4 is 10.5 Å². The average molecular weight is 379 g/mol. The number of benzene rings is 2. The summed E-state index contributed by atoms with van der Waals surface area (Å²) >= 11 is 1.43. The average Bonchev–Trinajstić information content (AvgIpc) is 3.15. The maximum Gasteiger partial charge on any atom is 0.214 e. The van der Waals surface area contributed by atoms with Crippen LogP contribution in [0.1, 0.15) is 11.4 Å². The lowest BCUT2D eigenvalue weighted by molar-refractivity contribution is 0.410. The number of ether oxygens (including phenoxy) is 1. The van der Waals surface area contributed by atoms with Crippen molar-refractivity contribution in [2.45, 2.75) is 17.8 Å². The molecule has 2 heterocycles.